The monoisotopic (exact) mass is 268 g/mol. The molecule has 2 rings (SSSR count). The number of thioether (sulfide) groups is 2. The molecule has 0 spiro atoms. The van der Waals surface area contributed by atoms with E-state index in [1.165, 1.54) is 34.1 Å². The Kier molecular flexibility index (Phi) is 5.19. The summed E-state index contributed by atoms with van der Waals surface area (Å²) < 4.78 is 0. The fourth-order valence-corrected chi connectivity index (χ4v) is 4.26. The third-order valence-corrected chi connectivity index (χ3v) is 5.52. The molecular formula is C13H20N2S2. The highest BCUT2D eigenvalue weighted by Gasteiger charge is 2.12. The molecule has 0 saturated carbocycles. The van der Waals surface area contributed by atoms with E-state index in [2.05, 4.69) is 53.7 Å². The Bertz CT molecular complexity index is 360. The predicted octanol–water partition coefficient (Wildman–Crippen LogP) is 2.64. The van der Waals surface area contributed by atoms with Crippen molar-refractivity contribution >= 4 is 23.5 Å². The summed E-state index contributed by atoms with van der Waals surface area (Å²) in [4.78, 5) is 4.41. The van der Waals surface area contributed by atoms with E-state index in [1.807, 2.05) is 6.20 Å². The molecule has 2 nitrogen and oxygen atoms in total. The highest BCUT2D eigenvalue weighted by atomic mass is 32.2. The van der Waals surface area contributed by atoms with E-state index in [9.17, 15) is 0 Å². The Morgan fingerprint density at radius 3 is 2.65 bits per heavy atom. The van der Waals surface area contributed by atoms with Crippen LogP contribution in [-0.2, 0) is 6.54 Å². The van der Waals surface area contributed by atoms with Gasteiger partial charge in [-0.2, -0.15) is 23.5 Å². The lowest BCUT2D eigenvalue weighted by Gasteiger charge is -2.15. The molecule has 0 unspecified atom stereocenters. The lowest BCUT2D eigenvalue weighted by atomic mass is 10.1. The zero-order valence-electron chi connectivity index (χ0n) is 10.5. The largest absolute Gasteiger partial charge is 0.308 e. The molecular weight excluding hydrogens is 248 g/mol. The summed E-state index contributed by atoms with van der Waals surface area (Å²) in [6.45, 7) is 5.13. The molecule has 0 amide bonds. The van der Waals surface area contributed by atoms with E-state index in [4.69, 9.17) is 0 Å². The molecule has 4 heteroatoms. The van der Waals surface area contributed by atoms with E-state index in [0.29, 0.717) is 6.04 Å². The lowest BCUT2D eigenvalue weighted by Crippen LogP contribution is -2.32. The van der Waals surface area contributed by atoms with Gasteiger partial charge in [0, 0.05) is 47.5 Å². The predicted molar refractivity (Wildman–Crippen MR) is 79.0 cm³/mol. The Morgan fingerprint density at radius 2 is 2.00 bits per heavy atom. The molecule has 0 bridgehead atoms. The molecule has 0 aliphatic carbocycles. The molecule has 0 atom stereocenters. The second-order valence-corrected chi connectivity index (χ2v) is 6.77. The minimum Gasteiger partial charge on any atom is -0.308 e. The van der Waals surface area contributed by atoms with Gasteiger partial charge in [-0.05, 0) is 25.0 Å². The highest BCUT2D eigenvalue weighted by Crippen LogP contribution is 2.17. The maximum atomic E-state index is 4.41. The van der Waals surface area contributed by atoms with E-state index >= 15 is 0 Å². The average Bonchev–Trinajstić information content (AvgIpc) is 2.59. The normalized spacial score (nSPS) is 18.0. The van der Waals surface area contributed by atoms with Crippen LogP contribution in [0.2, 0.25) is 0 Å². The number of nitrogens with one attached hydrogen (secondary N) is 1. The smallest absolute Gasteiger partial charge is 0.0402 e. The molecule has 2 heterocycles. The van der Waals surface area contributed by atoms with Crippen molar-refractivity contribution in [3.05, 3.63) is 29.1 Å². The number of nitrogens with zero attached hydrogens (tertiary/aromatic N) is 1. The van der Waals surface area contributed by atoms with Crippen LogP contribution >= 0.6 is 23.5 Å². The minimum absolute atomic E-state index is 0.647. The van der Waals surface area contributed by atoms with Crippen LogP contribution in [0.3, 0.4) is 0 Å². The molecule has 1 aromatic heterocycles. The summed E-state index contributed by atoms with van der Waals surface area (Å²) in [5.41, 5.74) is 3.72. The number of pyridine rings is 1. The summed E-state index contributed by atoms with van der Waals surface area (Å²) in [5, 5.41) is 3.64. The quantitative estimate of drug-likeness (QED) is 0.911. The van der Waals surface area contributed by atoms with E-state index < -0.39 is 0 Å². The maximum Gasteiger partial charge on any atom is 0.0402 e. The van der Waals surface area contributed by atoms with Gasteiger partial charge in [0.1, 0.15) is 0 Å². The first-order valence-corrected chi connectivity index (χ1v) is 8.37. The fourth-order valence-electron chi connectivity index (χ4n) is 1.80. The van der Waals surface area contributed by atoms with Gasteiger partial charge in [0.05, 0.1) is 0 Å². The second-order valence-electron chi connectivity index (χ2n) is 4.47. The first-order valence-electron chi connectivity index (χ1n) is 6.06. The van der Waals surface area contributed by atoms with Crippen LogP contribution in [-0.4, -0.2) is 34.0 Å². The fraction of sp³-hybridized carbons (Fsp3) is 0.615. The summed E-state index contributed by atoms with van der Waals surface area (Å²) in [7, 11) is 0. The van der Waals surface area contributed by atoms with Crippen molar-refractivity contribution in [3.8, 4) is 0 Å². The SMILES string of the molecule is Cc1cc(CNC2CSCCSC2)cnc1C. The molecule has 0 radical (unpaired) electrons. The molecule has 1 fully saturated rings. The van der Waals surface area contributed by atoms with Crippen molar-refractivity contribution in [2.24, 2.45) is 0 Å². The van der Waals surface area contributed by atoms with Crippen molar-refractivity contribution in [2.75, 3.05) is 23.0 Å². The van der Waals surface area contributed by atoms with E-state index in [1.54, 1.807) is 0 Å². The Morgan fingerprint density at radius 1 is 1.29 bits per heavy atom. The van der Waals surface area contributed by atoms with Crippen molar-refractivity contribution in [3.63, 3.8) is 0 Å². The van der Waals surface area contributed by atoms with Gasteiger partial charge in [-0.25, -0.2) is 0 Å². The molecule has 17 heavy (non-hydrogen) atoms. The first-order chi connectivity index (χ1) is 8.25. The van der Waals surface area contributed by atoms with Crippen LogP contribution in [0, 0.1) is 13.8 Å². The van der Waals surface area contributed by atoms with Gasteiger partial charge >= 0.3 is 0 Å². The zero-order chi connectivity index (χ0) is 12.1. The molecule has 1 saturated heterocycles. The van der Waals surface area contributed by atoms with Gasteiger partial charge in [-0.3, -0.25) is 4.98 Å². The number of rotatable bonds is 3. The summed E-state index contributed by atoms with van der Waals surface area (Å²) in [5.74, 6) is 5.08. The summed E-state index contributed by atoms with van der Waals surface area (Å²) in [6, 6.07) is 2.89. The van der Waals surface area contributed by atoms with Crippen LogP contribution < -0.4 is 5.32 Å². The van der Waals surface area contributed by atoms with Crippen LogP contribution in [0.25, 0.3) is 0 Å². The topological polar surface area (TPSA) is 24.9 Å². The Hall–Kier alpha value is -0.190. The Balaban J connectivity index is 1.85. The van der Waals surface area contributed by atoms with E-state index in [-0.39, 0.29) is 0 Å². The minimum atomic E-state index is 0.647. The third-order valence-electron chi connectivity index (χ3n) is 3.00. The van der Waals surface area contributed by atoms with Crippen LogP contribution in [0.1, 0.15) is 16.8 Å². The maximum absolute atomic E-state index is 4.41. The number of aromatic nitrogens is 1. The van der Waals surface area contributed by atoms with Gasteiger partial charge in [0.2, 0.25) is 0 Å². The third kappa shape index (κ3) is 4.19. The van der Waals surface area contributed by atoms with Crippen molar-refractivity contribution in [1.82, 2.24) is 10.3 Å². The highest BCUT2D eigenvalue weighted by molar-refractivity contribution is 8.03. The van der Waals surface area contributed by atoms with Gasteiger partial charge in [-0.1, -0.05) is 6.07 Å². The molecule has 1 aliphatic heterocycles. The van der Waals surface area contributed by atoms with Gasteiger partial charge < -0.3 is 5.32 Å². The summed E-state index contributed by atoms with van der Waals surface area (Å²) in [6.07, 6.45) is 1.99. The van der Waals surface area contributed by atoms with Crippen LogP contribution in [0.5, 0.6) is 0 Å². The summed E-state index contributed by atoms with van der Waals surface area (Å²) >= 11 is 4.13. The van der Waals surface area contributed by atoms with Gasteiger partial charge in [0.25, 0.3) is 0 Å². The number of hydrogen-bond acceptors (Lipinski definition) is 4. The standard InChI is InChI=1S/C13H20N2S2/c1-10-5-12(6-14-11(10)2)7-15-13-8-16-3-4-17-9-13/h5-6,13,15H,3-4,7-9H2,1-2H3. The van der Waals surface area contributed by atoms with Crippen LogP contribution in [0.4, 0.5) is 0 Å². The van der Waals surface area contributed by atoms with Gasteiger partial charge in [0.15, 0.2) is 0 Å². The van der Waals surface area contributed by atoms with Crippen LogP contribution in [0.15, 0.2) is 12.3 Å². The van der Waals surface area contributed by atoms with Gasteiger partial charge in [-0.15, -0.1) is 0 Å². The number of aryl methyl sites for hydroxylation is 2. The Labute approximate surface area is 112 Å². The number of hydrogen-bond donors (Lipinski definition) is 1. The second kappa shape index (κ2) is 6.66. The van der Waals surface area contributed by atoms with Crippen molar-refractivity contribution in [1.29, 1.82) is 0 Å². The average molecular weight is 268 g/mol. The zero-order valence-corrected chi connectivity index (χ0v) is 12.2. The molecule has 1 aliphatic rings. The molecule has 1 aromatic rings. The van der Waals surface area contributed by atoms with Crippen molar-refractivity contribution < 1.29 is 0 Å². The van der Waals surface area contributed by atoms with E-state index in [0.717, 1.165) is 12.2 Å². The van der Waals surface area contributed by atoms with Crippen molar-refractivity contribution in [2.45, 2.75) is 26.4 Å². The molecule has 0 aromatic carbocycles. The lowest BCUT2D eigenvalue weighted by molar-refractivity contribution is 0.602. The first kappa shape index (κ1) is 13.2. The molecule has 94 valence electrons. The molecule has 1 N–H and O–H groups in total.